The molecule has 0 bridgehead atoms. The lowest BCUT2D eigenvalue weighted by Gasteiger charge is -2.29. The minimum Gasteiger partial charge on any atom is -0.465 e. The summed E-state index contributed by atoms with van der Waals surface area (Å²) in [5, 5.41) is 0. The molecule has 1 fully saturated rings. The van der Waals surface area contributed by atoms with Crippen molar-refractivity contribution in [3.63, 3.8) is 0 Å². The Balaban J connectivity index is 1.96. The number of hydrogen-bond acceptors (Lipinski definition) is 4. The monoisotopic (exact) mass is 311 g/mol. The number of piperidine rings is 1. The Labute approximate surface area is 133 Å². The number of carbonyl (C=O) groups excluding carboxylic acids is 2. The highest BCUT2D eigenvalue weighted by molar-refractivity contribution is 6.15. The van der Waals surface area contributed by atoms with Gasteiger partial charge in [0.05, 0.1) is 12.5 Å². The summed E-state index contributed by atoms with van der Waals surface area (Å²) in [4.78, 5) is 26.4. The van der Waals surface area contributed by atoms with Crippen LogP contribution < -0.4 is 0 Å². The van der Waals surface area contributed by atoms with Gasteiger partial charge in [-0.25, -0.2) is 0 Å². The molecule has 0 radical (unpaired) electrons. The lowest BCUT2D eigenvalue weighted by atomic mass is 9.96. The van der Waals surface area contributed by atoms with Crippen molar-refractivity contribution < 1.29 is 18.4 Å². The van der Waals surface area contributed by atoms with Gasteiger partial charge in [-0.2, -0.15) is 0 Å². The predicted molar refractivity (Wildman–Crippen MR) is 85.2 cm³/mol. The molecule has 0 aromatic carbocycles. The Morgan fingerprint density at radius 3 is 2.00 bits per heavy atom. The number of likely N-dealkylation sites (tertiary alicyclic amines) is 1. The Hall–Kier alpha value is -2.82. The van der Waals surface area contributed by atoms with Crippen LogP contribution in [0.1, 0.15) is 24.9 Å². The first kappa shape index (κ1) is 15.1. The normalized spacial score (nSPS) is 18.8. The number of rotatable bonds is 3. The number of hydrogen-bond donors (Lipinski definition) is 0. The lowest BCUT2D eigenvalue weighted by molar-refractivity contribution is -0.131. The second-order valence-corrected chi connectivity index (χ2v) is 5.30. The van der Waals surface area contributed by atoms with Crippen LogP contribution in [0.5, 0.6) is 0 Å². The van der Waals surface area contributed by atoms with Gasteiger partial charge in [0, 0.05) is 30.7 Å². The van der Waals surface area contributed by atoms with E-state index < -0.39 is 0 Å². The fourth-order valence-corrected chi connectivity index (χ4v) is 2.53. The summed E-state index contributed by atoms with van der Waals surface area (Å²) in [7, 11) is 0. The topological polar surface area (TPSA) is 63.7 Å². The maximum Gasteiger partial charge on any atom is 0.222 e. The van der Waals surface area contributed by atoms with Crippen LogP contribution in [-0.4, -0.2) is 29.7 Å². The van der Waals surface area contributed by atoms with Crippen LogP contribution in [0, 0.1) is 0 Å². The van der Waals surface area contributed by atoms with Crippen LogP contribution in [0.25, 0.3) is 12.2 Å². The summed E-state index contributed by atoms with van der Waals surface area (Å²) in [5.41, 5.74) is 1.07. The van der Waals surface area contributed by atoms with E-state index in [1.165, 1.54) is 0 Å². The third-order valence-electron chi connectivity index (χ3n) is 3.68. The van der Waals surface area contributed by atoms with Gasteiger partial charge in [0.15, 0.2) is 5.78 Å². The minimum absolute atomic E-state index is 0.00758. The molecule has 2 aromatic rings. The number of furan rings is 2. The number of Topliss-reactive ketones (excluding diaryl/α,β-unsaturated/α-hetero) is 1. The van der Waals surface area contributed by atoms with E-state index in [2.05, 4.69) is 0 Å². The maximum atomic E-state index is 12.7. The Bertz CT molecular complexity index is 695. The molecule has 3 heterocycles. The van der Waals surface area contributed by atoms with Crippen molar-refractivity contribution >= 4 is 23.8 Å². The smallest absolute Gasteiger partial charge is 0.222 e. The zero-order valence-corrected chi connectivity index (χ0v) is 12.8. The molecule has 23 heavy (non-hydrogen) atoms. The quantitative estimate of drug-likeness (QED) is 0.817. The molecule has 0 saturated carbocycles. The average molecular weight is 311 g/mol. The highest BCUT2D eigenvalue weighted by atomic mass is 16.3. The second-order valence-electron chi connectivity index (χ2n) is 5.30. The van der Waals surface area contributed by atoms with Gasteiger partial charge < -0.3 is 13.7 Å². The maximum absolute atomic E-state index is 12.7. The van der Waals surface area contributed by atoms with Gasteiger partial charge in [0.25, 0.3) is 0 Å². The molecule has 1 saturated heterocycles. The van der Waals surface area contributed by atoms with Crippen LogP contribution in [0.15, 0.2) is 56.8 Å². The molecule has 1 aliphatic rings. The van der Waals surface area contributed by atoms with E-state index in [0.29, 0.717) is 42.2 Å². The van der Waals surface area contributed by atoms with Gasteiger partial charge >= 0.3 is 0 Å². The minimum atomic E-state index is -0.0852. The standard InChI is InChI=1S/C18H17NO4/c1-2-17(20)19-11-13(9-15-5-3-7-22-15)18(21)14(12-19)10-16-6-4-8-23-16/h3-10H,2,11-12H2,1H3/b13-9+,14-10+. The number of ketones is 1. The summed E-state index contributed by atoms with van der Waals surface area (Å²) in [6.07, 6.45) is 6.87. The largest absolute Gasteiger partial charge is 0.465 e. The zero-order chi connectivity index (χ0) is 16.2. The molecule has 5 nitrogen and oxygen atoms in total. The SMILES string of the molecule is CCC(=O)N1C/C(=C\c2ccco2)C(=O)/C(=C/c2ccco2)C1. The van der Waals surface area contributed by atoms with Crippen molar-refractivity contribution in [2.45, 2.75) is 13.3 Å². The number of amides is 1. The van der Waals surface area contributed by atoms with Crippen LogP contribution >= 0.6 is 0 Å². The Morgan fingerprint density at radius 1 is 1.09 bits per heavy atom. The first-order valence-corrected chi connectivity index (χ1v) is 7.48. The zero-order valence-electron chi connectivity index (χ0n) is 12.8. The van der Waals surface area contributed by atoms with Crippen LogP contribution in [0.4, 0.5) is 0 Å². The van der Waals surface area contributed by atoms with Crippen molar-refractivity contribution in [1.82, 2.24) is 4.90 Å². The summed E-state index contributed by atoms with van der Waals surface area (Å²) >= 11 is 0. The third kappa shape index (κ3) is 3.34. The van der Waals surface area contributed by atoms with Gasteiger partial charge in [-0.15, -0.1) is 0 Å². The molecule has 0 N–H and O–H groups in total. The van der Waals surface area contributed by atoms with Gasteiger partial charge in [0.1, 0.15) is 11.5 Å². The van der Waals surface area contributed by atoms with Gasteiger partial charge in [-0.3, -0.25) is 9.59 Å². The summed E-state index contributed by atoms with van der Waals surface area (Å²) in [5.74, 6) is 1.11. The number of carbonyl (C=O) groups is 2. The first-order chi connectivity index (χ1) is 11.2. The summed E-state index contributed by atoms with van der Waals surface area (Å²) < 4.78 is 10.6. The highest BCUT2D eigenvalue weighted by Gasteiger charge is 2.28. The molecule has 0 aliphatic carbocycles. The third-order valence-corrected chi connectivity index (χ3v) is 3.68. The molecule has 2 aromatic heterocycles. The second kappa shape index (κ2) is 6.52. The molecule has 0 atom stereocenters. The molecule has 118 valence electrons. The van der Waals surface area contributed by atoms with Crippen LogP contribution in [-0.2, 0) is 9.59 Å². The van der Waals surface area contributed by atoms with E-state index in [1.807, 2.05) is 6.92 Å². The van der Waals surface area contributed by atoms with Crippen LogP contribution in [0.3, 0.4) is 0 Å². The van der Waals surface area contributed by atoms with Gasteiger partial charge in [-0.05, 0) is 36.4 Å². The van der Waals surface area contributed by atoms with Crippen LogP contribution in [0.2, 0.25) is 0 Å². The molecule has 0 unspecified atom stereocenters. The van der Waals surface area contributed by atoms with Crippen molar-refractivity contribution in [1.29, 1.82) is 0 Å². The van der Waals surface area contributed by atoms with Crippen molar-refractivity contribution in [2.24, 2.45) is 0 Å². The van der Waals surface area contributed by atoms with E-state index in [1.54, 1.807) is 53.8 Å². The van der Waals surface area contributed by atoms with Gasteiger partial charge in [-0.1, -0.05) is 6.92 Å². The van der Waals surface area contributed by atoms with E-state index in [4.69, 9.17) is 8.83 Å². The van der Waals surface area contributed by atoms with Gasteiger partial charge in [0.2, 0.25) is 5.91 Å². The van der Waals surface area contributed by atoms with E-state index in [0.717, 1.165) is 0 Å². The van der Waals surface area contributed by atoms with Crippen molar-refractivity contribution in [3.05, 3.63) is 59.5 Å². The molecule has 0 spiro atoms. The Morgan fingerprint density at radius 2 is 1.61 bits per heavy atom. The van der Waals surface area contributed by atoms with Crippen molar-refractivity contribution in [3.8, 4) is 0 Å². The van der Waals surface area contributed by atoms with Crippen molar-refractivity contribution in [2.75, 3.05) is 13.1 Å². The average Bonchev–Trinajstić information content (AvgIpc) is 3.24. The fourth-order valence-electron chi connectivity index (χ4n) is 2.53. The lowest BCUT2D eigenvalue weighted by Crippen LogP contribution is -2.41. The molecule has 1 amide bonds. The molecule has 5 heteroatoms. The van der Waals surface area contributed by atoms with E-state index >= 15 is 0 Å². The Kier molecular flexibility index (Phi) is 4.28. The van der Waals surface area contributed by atoms with E-state index in [9.17, 15) is 9.59 Å². The first-order valence-electron chi connectivity index (χ1n) is 7.48. The summed E-state index contributed by atoms with van der Waals surface area (Å²) in [6, 6.07) is 7.07. The molecular weight excluding hydrogens is 294 g/mol. The molecular formula is C18H17NO4. The highest BCUT2D eigenvalue weighted by Crippen LogP contribution is 2.22. The predicted octanol–water partition coefficient (Wildman–Crippen LogP) is 3.16. The van der Waals surface area contributed by atoms with E-state index in [-0.39, 0.29) is 11.7 Å². The fraction of sp³-hybridized carbons (Fsp3) is 0.222. The number of nitrogens with zero attached hydrogens (tertiary/aromatic N) is 1. The summed E-state index contributed by atoms with van der Waals surface area (Å²) in [6.45, 7) is 2.40. The molecule has 3 rings (SSSR count). The molecule has 1 aliphatic heterocycles.